The fraction of sp³-hybridized carbons (Fsp3) is 0.429. The number of carbonyl (C=O) groups is 2. The van der Waals surface area contributed by atoms with Crippen LogP contribution >= 0.6 is 0 Å². The predicted octanol–water partition coefficient (Wildman–Crippen LogP) is 2.32. The third-order valence-corrected chi connectivity index (χ3v) is 3.10. The van der Waals surface area contributed by atoms with Gasteiger partial charge in [-0.3, -0.25) is 9.59 Å². The van der Waals surface area contributed by atoms with Gasteiger partial charge in [-0.05, 0) is 18.4 Å². The monoisotopic (exact) mass is 249 g/mol. The van der Waals surface area contributed by atoms with Gasteiger partial charge in [0.15, 0.2) is 0 Å². The molecular formula is C14H19NO3. The third kappa shape index (κ3) is 3.58. The van der Waals surface area contributed by atoms with Gasteiger partial charge in [-0.2, -0.15) is 0 Å². The Bertz CT molecular complexity index is 391. The van der Waals surface area contributed by atoms with Crippen LogP contribution in [-0.4, -0.2) is 28.9 Å². The summed E-state index contributed by atoms with van der Waals surface area (Å²) in [6.45, 7) is 4.88. The van der Waals surface area contributed by atoms with E-state index in [4.69, 9.17) is 9.90 Å². The van der Waals surface area contributed by atoms with E-state index in [1.54, 1.807) is 0 Å². The first-order valence-corrected chi connectivity index (χ1v) is 6.02. The summed E-state index contributed by atoms with van der Waals surface area (Å²) < 4.78 is 0. The fourth-order valence-corrected chi connectivity index (χ4v) is 2.20. The molecule has 1 aromatic rings. The molecule has 0 aromatic heterocycles. The Morgan fingerprint density at radius 2 is 1.94 bits per heavy atom. The van der Waals surface area contributed by atoms with Crippen LogP contribution in [0.2, 0.25) is 0 Å². The van der Waals surface area contributed by atoms with E-state index >= 15 is 0 Å². The Morgan fingerprint density at radius 1 is 1.39 bits per heavy atom. The van der Waals surface area contributed by atoms with E-state index in [0.29, 0.717) is 18.2 Å². The second kappa shape index (κ2) is 6.79. The maximum atomic E-state index is 11.7. The summed E-state index contributed by atoms with van der Waals surface area (Å²) in [6, 6.07) is 10.4. The van der Waals surface area contributed by atoms with E-state index in [0.717, 1.165) is 6.54 Å². The Kier molecular flexibility index (Phi) is 5.36. The van der Waals surface area contributed by atoms with Crippen LogP contribution in [-0.2, 0) is 9.59 Å². The number of carboxylic acid groups (broad SMARTS) is 1. The Labute approximate surface area is 107 Å². The molecule has 98 valence electrons. The van der Waals surface area contributed by atoms with Gasteiger partial charge >= 0.3 is 0 Å². The largest absolute Gasteiger partial charge is 0.483 e. The molecule has 1 fully saturated rings. The van der Waals surface area contributed by atoms with Gasteiger partial charge in [-0.25, -0.2) is 0 Å². The van der Waals surface area contributed by atoms with E-state index in [1.165, 1.54) is 5.56 Å². The van der Waals surface area contributed by atoms with Crippen molar-refractivity contribution in [1.82, 2.24) is 4.90 Å². The molecule has 4 nitrogen and oxygen atoms in total. The fourth-order valence-electron chi connectivity index (χ4n) is 2.20. The molecule has 0 saturated carbocycles. The predicted molar refractivity (Wildman–Crippen MR) is 69.0 cm³/mol. The minimum absolute atomic E-state index is 0.212. The van der Waals surface area contributed by atoms with Crippen molar-refractivity contribution in [3.8, 4) is 0 Å². The van der Waals surface area contributed by atoms with E-state index in [2.05, 4.69) is 26.0 Å². The number of likely N-dealkylation sites (tertiary alicyclic amines) is 1. The minimum atomic E-state index is -0.250. The molecule has 1 saturated heterocycles. The molecule has 1 heterocycles. The maximum absolute atomic E-state index is 11.7. The van der Waals surface area contributed by atoms with Crippen LogP contribution in [0.1, 0.15) is 31.9 Å². The van der Waals surface area contributed by atoms with Crippen molar-refractivity contribution in [2.24, 2.45) is 5.92 Å². The van der Waals surface area contributed by atoms with Crippen LogP contribution in [0.25, 0.3) is 0 Å². The van der Waals surface area contributed by atoms with Crippen LogP contribution in [0.4, 0.5) is 0 Å². The number of benzene rings is 1. The van der Waals surface area contributed by atoms with E-state index in [1.807, 2.05) is 23.1 Å². The molecule has 1 aliphatic rings. The van der Waals surface area contributed by atoms with Gasteiger partial charge in [0.1, 0.15) is 0 Å². The summed E-state index contributed by atoms with van der Waals surface area (Å²) in [5.74, 6) is 0.794. The average Bonchev–Trinajstić information content (AvgIpc) is 2.70. The van der Waals surface area contributed by atoms with Crippen LogP contribution < -0.4 is 0 Å². The van der Waals surface area contributed by atoms with Crippen molar-refractivity contribution in [3.05, 3.63) is 35.9 Å². The normalized spacial score (nSPS) is 20.0. The zero-order valence-corrected chi connectivity index (χ0v) is 10.7. The molecule has 18 heavy (non-hydrogen) atoms. The first kappa shape index (κ1) is 14.2. The van der Waals surface area contributed by atoms with Crippen LogP contribution in [0.15, 0.2) is 30.3 Å². The van der Waals surface area contributed by atoms with Crippen LogP contribution in [0, 0.1) is 5.92 Å². The topological polar surface area (TPSA) is 57.6 Å². The lowest BCUT2D eigenvalue weighted by molar-refractivity contribution is -0.129. The number of hydrogen-bond acceptors (Lipinski definition) is 2. The smallest absolute Gasteiger partial charge is 0.290 e. The highest BCUT2D eigenvalue weighted by Gasteiger charge is 2.30. The van der Waals surface area contributed by atoms with Gasteiger partial charge in [-0.15, -0.1) is 0 Å². The van der Waals surface area contributed by atoms with Crippen LogP contribution in [0.3, 0.4) is 0 Å². The van der Waals surface area contributed by atoms with Gasteiger partial charge in [-0.1, -0.05) is 37.3 Å². The standard InChI is InChI=1S/C13H17NO.CH2O2/c1-10-8-13(15)14(9-10)11(2)12-6-4-3-5-7-12;2-1-3/h3-7,10-11H,8-9H2,1-2H3;1H,(H,2,3). The van der Waals surface area contributed by atoms with Gasteiger partial charge in [0.05, 0.1) is 6.04 Å². The molecule has 1 amide bonds. The molecule has 2 atom stereocenters. The highest BCUT2D eigenvalue weighted by atomic mass is 16.3. The first-order valence-electron chi connectivity index (χ1n) is 6.02. The summed E-state index contributed by atoms with van der Waals surface area (Å²) in [4.78, 5) is 22.1. The van der Waals surface area contributed by atoms with E-state index in [9.17, 15) is 4.79 Å². The molecule has 1 aliphatic heterocycles. The van der Waals surface area contributed by atoms with Gasteiger partial charge in [0, 0.05) is 13.0 Å². The maximum Gasteiger partial charge on any atom is 0.290 e. The third-order valence-electron chi connectivity index (χ3n) is 3.10. The summed E-state index contributed by atoms with van der Waals surface area (Å²) in [7, 11) is 0. The molecule has 4 heteroatoms. The van der Waals surface area contributed by atoms with E-state index in [-0.39, 0.29) is 12.5 Å². The zero-order valence-electron chi connectivity index (χ0n) is 10.7. The summed E-state index contributed by atoms with van der Waals surface area (Å²) in [5, 5.41) is 6.89. The average molecular weight is 249 g/mol. The lowest BCUT2D eigenvalue weighted by atomic mass is 10.1. The molecule has 0 bridgehead atoms. The number of hydrogen-bond donors (Lipinski definition) is 1. The van der Waals surface area contributed by atoms with Crippen molar-refractivity contribution >= 4 is 12.4 Å². The lowest BCUT2D eigenvalue weighted by Gasteiger charge is -2.24. The van der Waals surface area contributed by atoms with E-state index < -0.39 is 0 Å². The number of amides is 1. The first-order chi connectivity index (χ1) is 8.60. The Balaban J connectivity index is 0.000000492. The molecular weight excluding hydrogens is 230 g/mol. The molecule has 2 unspecified atom stereocenters. The molecule has 0 spiro atoms. The summed E-state index contributed by atoms with van der Waals surface area (Å²) >= 11 is 0. The molecule has 1 aromatic carbocycles. The van der Waals surface area contributed by atoms with Gasteiger partial charge in [0.25, 0.3) is 6.47 Å². The SMILES string of the molecule is CC1CC(=O)N(C(C)c2ccccc2)C1.O=CO. The lowest BCUT2D eigenvalue weighted by Crippen LogP contribution is -2.28. The van der Waals surface area contributed by atoms with Crippen molar-refractivity contribution in [2.45, 2.75) is 26.3 Å². The second-order valence-corrected chi connectivity index (χ2v) is 4.55. The highest BCUT2D eigenvalue weighted by Crippen LogP contribution is 2.27. The highest BCUT2D eigenvalue weighted by molar-refractivity contribution is 5.79. The zero-order chi connectivity index (χ0) is 13.5. The van der Waals surface area contributed by atoms with Crippen molar-refractivity contribution in [3.63, 3.8) is 0 Å². The van der Waals surface area contributed by atoms with Gasteiger partial charge in [0.2, 0.25) is 5.91 Å². The van der Waals surface area contributed by atoms with Crippen LogP contribution in [0.5, 0.6) is 0 Å². The number of rotatable bonds is 2. The molecule has 0 radical (unpaired) electrons. The quantitative estimate of drug-likeness (QED) is 0.818. The summed E-state index contributed by atoms with van der Waals surface area (Å²) in [5.41, 5.74) is 1.22. The van der Waals surface area contributed by atoms with Crippen molar-refractivity contribution in [1.29, 1.82) is 0 Å². The molecule has 1 N–H and O–H groups in total. The minimum Gasteiger partial charge on any atom is -0.483 e. The second-order valence-electron chi connectivity index (χ2n) is 4.55. The van der Waals surface area contributed by atoms with Gasteiger partial charge < -0.3 is 10.0 Å². The summed E-state index contributed by atoms with van der Waals surface area (Å²) in [6.07, 6.45) is 0.706. The van der Waals surface area contributed by atoms with Crippen molar-refractivity contribution < 1.29 is 14.7 Å². The Morgan fingerprint density at radius 3 is 2.39 bits per heavy atom. The number of nitrogens with zero attached hydrogens (tertiary/aromatic N) is 1. The molecule has 2 rings (SSSR count). The van der Waals surface area contributed by atoms with Crippen molar-refractivity contribution in [2.75, 3.05) is 6.54 Å². The molecule has 0 aliphatic carbocycles. The number of carbonyl (C=O) groups excluding carboxylic acids is 1. The Hall–Kier alpha value is -1.84.